The van der Waals surface area contributed by atoms with Crippen molar-refractivity contribution >= 4 is 11.3 Å². The molecule has 3 heteroatoms. The number of hydrogen-bond donors (Lipinski definition) is 1. The summed E-state index contributed by atoms with van der Waals surface area (Å²) in [5, 5.41) is 13.7. The normalized spacial score (nSPS) is 10.7. The maximum atomic E-state index is 9.52. The third-order valence-electron chi connectivity index (χ3n) is 3.91. The number of hydrogen-bond acceptors (Lipinski definition) is 3. The van der Waals surface area contributed by atoms with Crippen molar-refractivity contribution in [3.63, 3.8) is 0 Å². The highest BCUT2D eigenvalue weighted by molar-refractivity contribution is 7.08. The van der Waals surface area contributed by atoms with Crippen molar-refractivity contribution in [1.82, 2.24) is 4.98 Å². The van der Waals surface area contributed by atoms with E-state index in [0.29, 0.717) is 0 Å². The summed E-state index contributed by atoms with van der Waals surface area (Å²) >= 11 is 1.67. The van der Waals surface area contributed by atoms with Crippen LogP contribution in [0, 0.1) is 0 Å². The van der Waals surface area contributed by atoms with Crippen LogP contribution in [0.5, 0.6) is 5.75 Å². The van der Waals surface area contributed by atoms with Crippen LogP contribution >= 0.6 is 11.3 Å². The Balaban J connectivity index is 1.90. The van der Waals surface area contributed by atoms with Gasteiger partial charge in [-0.3, -0.25) is 0 Å². The predicted octanol–water partition coefficient (Wildman–Crippen LogP) is 5.85. The fourth-order valence-electron chi connectivity index (χ4n) is 2.67. The van der Waals surface area contributed by atoms with Gasteiger partial charge in [0.1, 0.15) is 5.75 Å². The van der Waals surface area contributed by atoms with Crippen molar-refractivity contribution in [2.24, 2.45) is 0 Å². The van der Waals surface area contributed by atoms with Gasteiger partial charge in [-0.1, -0.05) is 30.3 Å². The van der Waals surface area contributed by atoms with Crippen LogP contribution in [0.4, 0.5) is 0 Å². The van der Waals surface area contributed by atoms with E-state index in [2.05, 4.69) is 41.1 Å². The largest absolute Gasteiger partial charge is 0.508 e. The summed E-state index contributed by atoms with van der Waals surface area (Å²) < 4.78 is 0. The van der Waals surface area contributed by atoms with E-state index >= 15 is 0 Å². The van der Waals surface area contributed by atoms with Crippen LogP contribution in [0.15, 0.2) is 83.6 Å². The molecule has 0 aliphatic rings. The van der Waals surface area contributed by atoms with Gasteiger partial charge < -0.3 is 5.11 Å². The smallest absolute Gasteiger partial charge is 0.115 e. The first-order valence-corrected chi connectivity index (χ1v) is 8.63. The summed E-state index contributed by atoms with van der Waals surface area (Å²) in [5.74, 6) is 0.260. The molecule has 2 nitrogen and oxygen atoms in total. The summed E-state index contributed by atoms with van der Waals surface area (Å²) in [5.41, 5.74) is 6.27. The number of thiophene rings is 1. The highest BCUT2D eigenvalue weighted by atomic mass is 32.1. The number of phenolic OH excluding ortho intramolecular Hbond substituents is 1. The highest BCUT2D eigenvalue weighted by Gasteiger charge is 2.09. The number of benzene rings is 2. The molecule has 4 rings (SSSR count). The van der Waals surface area contributed by atoms with Crippen molar-refractivity contribution in [3.05, 3.63) is 83.6 Å². The van der Waals surface area contributed by atoms with Gasteiger partial charge in [0.15, 0.2) is 0 Å². The molecule has 0 spiro atoms. The Bertz CT molecular complexity index is 945. The van der Waals surface area contributed by atoms with E-state index in [1.54, 1.807) is 23.5 Å². The van der Waals surface area contributed by atoms with E-state index in [1.165, 1.54) is 0 Å². The zero-order chi connectivity index (χ0) is 16.4. The second kappa shape index (κ2) is 6.30. The van der Waals surface area contributed by atoms with Crippen LogP contribution in [0.2, 0.25) is 0 Å². The van der Waals surface area contributed by atoms with E-state index in [0.717, 1.165) is 33.6 Å². The molecule has 2 heterocycles. The van der Waals surface area contributed by atoms with Gasteiger partial charge in [-0.05, 0) is 59.0 Å². The molecule has 0 radical (unpaired) electrons. The third-order valence-corrected chi connectivity index (χ3v) is 4.60. The Hall–Kier alpha value is -2.91. The number of phenols is 1. The van der Waals surface area contributed by atoms with Crippen LogP contribution < -0.4 is 0 Å². The van der Waals surface area contributed by atoms with E-state index < -0.39 is 0 Å². The van der Waals surface area contributed by atoms with Crippen LogP contribution in [-0.4, -0.2) is 10.1 Å². The number of nitrogens with zero attached hydrogens (tertiary/aromatic N) is 1. The lowest BCUT2D eigenvalue weighted by molar-refractivity contribution is 0.475. The second-order valence-corrected chi connectivity index (χ2v) is 6.33. The summed E-state index contributed by atoms with van der Waals surface area (Å²) in [4.78, 5) is 4.83. The minimum absolute atomic E-state index is 0.260. The molecule has 2 aromatic heterocycles. The standard InChI is InChI=1S/C21H15NOS/c23-19-8-6-16(7-9-19)20-12-18(15-4-2-1-3-5-15)13-21(22-20)17-10-11-24-14-17/h1-14,23H. The molecule has 0 fully saturated rings. The van der Waals surface area contributed by atoms with Crippen LogP contribution in [0.1, 0.15) is 0 Å². The molecule has 0 bridgehead atoms. The van der Waals surface area contributed by atoms with Crippen LogP contribution in [0.25, 0.3) is 33.6 Å². The van der Waals surface area contributed by atoms with Crippen molar-refractivity contribution in [2.75, 3.05) is 0 Å². The summed E-state index contributed by atoms with van der Waals surface area (Å²) in [6, 6.07) is 23.8. The summed E-state index contributed by atoms with van der Waals surface area (Å²) in [6.45, 7) is 0. The minimum atomic E-state index is 0.260. The highest BCUT2D eigenvalue weighted by Crippen LogP contribution is 2.31. The maximum absolute atomic E-state index is 9.52. The molecule has 4 aromatic rings. The molecule has 0 atom stereocenters. The van der Waals surface area contributed by atoms with E-state index in [1.807, 2.05) is 30.3 Å². The Labute approximate surface area is 144 Å². The van der Waals surface area contributed by atoms with Gasteiger partial charge in [-0.2, -0.15) is 11.3 Å². The Kier molecular flexibility index (Phi) is 3.85. The third kappa shape index (κ3) is 2.94. The molecular formula is C21H15NOS. The molecule has 0 saturated carbocycles. The average Bonchev–Trinajstić information content (AvgIpc) is 3.17. The zero-order valence-corrected chi connectivity index (χ0v) is 13.7. The predicted molar refractivity (Wildman–Crippen MR) is 100 cm³/mol. The molecule has 0 unspecified atom stereocenters. The topological polar surface area (TPSA) is 33.1 Å². The molecule has 1 N–H and O–H groups in total. The molecule has 116 valence electrons. The second-order valence-electron chi connectivity index (χ2n) is 5.55. The van der Waals surface area contributed by atoms with E-state index in [9.17, 15) is 5.11 Å². The minimum Gasteiger partial charge on any atom is -0.508 e. The molecule has 0 aliphatic carbocycles. The van der Waals surface area contributed by atoms with Gasteiger partial charge >= 0.3 is 0 Å². The molecular weight excluding hydrogens is 314 g/mol. The van der Waals surface area contributed by atoms with Crippen LogP contribution in [0.3, 0.4) is 0 Å². The number of pyridine rings is 1. The summed E-state index contributed by atoms with van der Waals surface area (Å²) in [6.07, 6.45) is 0. The first-order chi connectivity index (χ1) is 11.8. The maximum Gasteiger partial charge on any atom is 0.115 e. The molecule has 24 heavy (non-hydrogen) atoms. The van der Waals surface area contributed by atoms with Gasteiger partial charge in [-0.25, -0.2) is 4.98 Å². The monoisotopic (exact) mass is 329 g/mol. The van der Waals surface area contributed by atoms with Gasteiger partial charge in [0.05, 0.1) is 11.4 Å². The lowest BCUT2D eigenvalue weighted by Gasteiger charge is -2.09. The number of rotatable bonds is 3. The first kappa shape index (κ1) is 14.7. The van der Waals surface area contributed by atoms with Crippen molar-refractivity contribution in [2.45, 2.75) is 0 Å². The molecule has 0 aliphatic heterocycles. The van der Waals surface area contributed by atoms with E-state index in [-0.39, 0.29) is 5.75 Å². The van der Waals surface area contributed by atoms with Gasteiger partial charge in [0, 0.05) is 16.5 Å². The Morgan fingerprint density at radius 3 is 2.04 bits per heavy atom. The fourth-order valence-corrected chi connectivity index (χ4v) is 3.32. The lowest BCUT2D eigenvalue weighted by Crippen LogP contribution is -1.90. The lowest BCUT2D eigenvalue weighted by atomic mass is 10.0. The van der Waals surface area contributed by atoms with Crippen molar-refractivity contribution in [3.8, 4) is 39.4 Å². The van der Waals surface area contributed by atoms with Gasteiger partial charge in [0.2, 0.25) is 0 Å². The molecule has 0 amide bonds. The number of aromatic nitrogens is 1. The quantitative estimate of drug-likeness (QED) is 0.511. The molecule has 2 aromatic carbocycles. The van der Waals surface area contributed by atoms with Gasteiger partial charge in [0.25, 0.3) is 0 Å². The van der Waals surface area contributed by atoms with Gasteiger partial charge in [-0.15, -0.1) is 0 Å². The Morgan fingerprint density at radius 1 is 0.667 bits per heavy atom. The van der Waals surface area contributed by atoms with E-state index in [4.69, 9.17) is 4.98 Å². The fraction of sp³-hybridized carbons (Fsp3) is 0. The first-order valence-electron chi connectivity index (χ1n) is 7.69. The van der Waals surface area contributed by atoms with Crippen molar-refractivity contribution in [1.29, 1.82) is 0 Å². The SMILES string of the molecule is Oc1ccc(-c2cc(-c3ccccc3)cc(-c3ccsc3)n2)cc1. The van der Waals surface area contributed by atoms with Crippen LogP contribution in [-0.2, 0) is 0 Å². The van der Waals surface area contributed by atoms with Crippen molar-refractivity contribution < 1.29 is 5.11 Å². The average molecular weight is 329 g/mol. The zero-order valence-electron chi connectivity index (χ0n) is 12.9. The Morgan fingerprint density at radius 2 is 1.38 bits per heavy atom. The molecule has 0 saturated heterocycles. The summed E-state index contributed by atoms with van der Waals surface area (Å²) in [7, 11) is 0. The number of aromatic hydroxyl groups is 1.